The molecular formula is C22H43N2O3P. The molecule has 1 atom stereocenters. The number of amides is 1. The van der Waals surface area contributed by atoms with E-state index in [9.17, 15) is 9.36 Å². The summed E-state index contributed by atoms with van der Waals surface area (Å²) in [7, 11) is -1.88. The van der Waals surface area contributed by atoms with Crippen LogP contribution in [0.2, 0.25) is 0 Å². The molecule has 1 amide bonds. The van der Waals surface area contributed by atoms with Crippen LogP contribution in [-0.2, 0) is 9.36 Å². The molecule has 3 N–H and O–H groups in total. The second-order valence-electron chi connectivity index (χ2n) is 7.15. The molecule has 0 aromatic heterocycles. The first-order chi connectivity index (χ1) is 13.7. The smallest absolute Gasteiger partial charge is 0.220 e. The zero-order valence-electron chi connectivity index (χ0n) is 17.9. The Morgan fingerprint density at radius 1 is 0.893 bits per heavy atom. The van der Waals surface area contributed by atoms with Gasteiger partial charge in [-0.1, -0.05) is 63.3 Å². The van der Waals surface area contributed by atoms with Crippen molar-refractivity contribution in [2.24, 2.45) is 0 Å². The highest BCUT2D eigenvalue weighted by Crippen LogP contribution is 2.11. The van der Waals surface area contributed by atoms with E-state index in [1.54, 1.807) is 0 Å². The molecule has 0 aliphatic rings. The summed E-state index contributed by atoms with van der Waals surface area (Å²) in [6.45, 7) is 3.00. The minimum atomic E-state index is -1.88. The lowest BCUT2D eigenvalue weighted by molar-refractivity contribution is -0.121. The number of nitrogens with one attached hydrogen (secondary N) is 2. The first-order valence-electron chi connectivity index (χ1n) is 11.1. The van der Waals surface area contributed by atoms with Crippen molar-refractivity contribution >= 4 is 13.9 Å². The maximum atomic E-state index is 11.7. The van der Waals surface area contributed by atoms with Gasteiger partial charge in [0.2, 0.25) is 5.91 Å². The van der Waals surface area contributed by atoms with E-state index in [0.717, 1.165) is 25.7 Å². The van der Waals surface area contributed by atoms with Gasteiger partial charge in [0.1, 0.15) is 7.95 Å². The third-order valence-electron chi connectivity index (χ3n) is 4.46. The van der Waals surface area contributed by atoms with Gasteiger partial charge in [0.25, 0.3) is 0 Å². The quantitative estimate of drug-likeness (QED) is 0.149. The van der Waals surface area contributed by atoms with Gasteiger partial charge in [-0.3, -0.25) is 9.88 Å². The van der Waals surface area contributed by atoms with Gasteiger partial charge in [-0.15, -0.1) is 0 Å². The summed E-state index contributed by atoms with van der Waals surface area (Å²) in [6, 6.07) is 0. The fourth-order valence-corrected chi connectivity index (χ4v) is 3.70. The fourth-order valence-electron chi connectivity index (χ4n) is 2.78. The van der Waals surface area contributed by atoms with Crippen molar-refractivity contribution in [3.63, 3.8) is 0 Å². The number of hydrogen-bond acceptors (Lipinski definition) is 3. The molecule has 0 aliphatic carbocycles. The zero-order chi connectivity index (χ0) is 20.7. The molecular weight excluding hydrogens is 371 g/mol. The summed E-state index contributed by atoms with van der Waals surface area (Å²) in [5.41, 5.74) is 0. The summed E-state index contributed by atoms with van der Waals surface area (Å²) >= 11 is 0. The van der Waals surface area contributed by atoms with Crippen molar-refractivity contribution in [1.82, 2.24) is 10.4 Å². The molecule has 0 saturated carbocycles. The van der Waals surface area contributed by atoms with Crippen molar-refractivity contribution in [2.45, 2.75) is 84.0 Å². The van der Waals surface area contributed by atoms with E-state index in [1.807, 2.05) is 0 Å². The molecule has 0 spiro atoms. The number of aliphatic hydroxyl groups is 1. The van der Waals surface area contributed by atoms with Gasteiger partial charge in [0.15, 0.2) is 0 Å². The summed E-state index contributed by atoms with van der Waals surface area (Å²) in [4.78, 5) is 11.7. The molecule has 0 radical (unpaired) electrons. The second-order valence-corrected chi connectivity index (χ2v) is 8.85. The first kappa shape index (κ1) is 27.1. The van der Waals surface area contributed by atoms with E-state index in [4.69, 9.17) is 5.11 Å². The highest BCUT2D eigenvalue weighted by molar-refractivity contribution is 7.42. The number of allylic oxidation sites excluding steroid dienone is 4. The van der Waals surface area contributed by atoms with Crippen molar-refractivity contribution in [3.05, 3.63) is 24.3 Å². The largest absolute Gasteiger partial charge is 0.395 e. The lowest BCUT2D eigenvalue weighted by Gasteiger charge is -2.06. The average Bonchev–Trinajstić information content (AvgIpc) is 2.69. The van der Waals surface area contributed by atoms with Crippen LogP contribution in [0.15, 0.2) is 24.3 Å². The Hall–Kier alpha value is -0.900. The van der Waals surface area contributed by atoms with Crippen LogP contribution in [0.5, 0.6) is 0 Å². The van der Waals surface area contributed by atoms with Crippen LogP contribution in [0.25, 0.3) is 0 Å². The van der Waals surface area contributed by atoms with Crippen LogP contribution in [0.4, 0.5) is 0 Å². The van der Waals surface area contributed by atoms with E-state index < -0.39 is 7.95 Å². The molecule has 0 rings (SSSR count). The first-order valence-corrected chi connectivity index (χ1v) is 12.8. The SMILES string of the molecule is CCCCCC=CCC=CCCCCCCCC(=O)NCC[PH](=O)NCCO. The molecule has 6 heteroatoms. The molecule has 5 nitrogen and oxygen atoms in total. The number of carbonyl (C=O) groups excluding carboxylic acids is 1. The second kappa shape index (κ2) is 22.4. The van der Waals surface area contributed by atoms with Gasteiger partial charge in [0.05, 0.1) is 6.61 Å². The Morgan fingerprint density at radius 3 is 2.21 bits per heavy atom. The zero-order valence-corrected chi connectivity index (χ0v) is 18.9. The standard InChI is InChI=1S/C22H43N2O3P/c1-2-3-4-5-6-7-8-9-10-11-12-13-14-15-16-17-22(26)23-19-21-28(27)24-18-20-25/h6-7,9-10,25,28H,2-5,8,11-21H2,1H3,(H,23,26)(H,24,27). The lowest BCUT2D eigenvalue weighted by atomic mass is 10.1. The van der Waals surface area contributed by atoms with Gasteiger partial charge >= 0.3 is 0 Å². The third kappa shape index (κ3) is 21.4. The van der Waals surface area contributed by atoms with E-state index in [2.05, 4.69) is 41.6 Å². The van der Waals surface area contributed by atoms with Gasteiger partial charge in [0, 0.05) is 25.7 Å². The van der Waals surface area contributed by atoms with Gasteiger partial charge in [-0.2, -0.15) is 0 Å². The van der Waals surface area contributed by atoms with Crippen LogP contribution in [-0.4, -0.2) is 36.9 Å². The van der Waals surface area contributed by atoms with E-state index in [-0.39, 0.29) is 12.5 Å². The molecule has 1 unspecified atom stereocenters. The molecule has 164 valence electrons. The fraction of sp³-hybridized carbons (Fsp3) is 0.773. The van der Waals surface area contributed by atoms with E-state index in [0.29, 0.717) is 25.7 Å². The van der Waals surface area contributed by atoms with Gasteiger partial charge in [-0.05, 0) is 38.5 Å². The number of carbonyl (C=O) groups is 1. The molecule has 0 aliphatic heterocycles. The maximum absolute atomic E-state index is 11.7. The Bertz CT molecular complexity index is 439. The summed E-state index contributed by atoms with van der Waals surface area (Å²) in [5, 5.41) is 14.2. The Kier molecular flexibility index (Phi) is 21.7. The topological polar surface area (TPSA) is 78.4 Å². The van der Waals surface area contributed by atoms with Crippen LogP contribution >= 0.6 is 7.95 Å². The number of rotatable bonds is 20. The van der Waals surface area contributed by atoms with Crippen LogP contribution < -0.4 is 10.4 Å². The maximum Gasteiger partial charge on any atom is 0.220 e. The van der Waals surface area contributed by atoms with E-state index in [1.165, 1.54) is 44.9 Å². The monoisotopic (exact) mass is 414 g/mol. The minimum absolute atomic E-state index is 0.0183. The molecule has 0 bridgehead atoms. The Morgan fingerprint density at radius 2 is 1.54 bits per heavy atom. The van der Waals surface area contributed by atoms with Crippen LogP contribution in [0.3, 0.4) is 0 Å². The minimum Gasteiger partial charge on any atom is -0.395 e. The Labute approximate surface area is 173 Å². The van der Waals surface area contributed by atoms with Crippen LogP contribution in [0, 0.1) is 0 Å². The molecule has 0 saturated heterocycles. The molecule has 0 fully saturated rings. The molecule has 0 heterocycles. The van der Waals surface area contributed by atoms with Crippen LogP contribution in [0.1, 0.15) is 84.0 Å². The lowest BCUT2D eigenvalue weighted by Crippen LogP contribution is -2.26. The van der Waals surface area contributed by atoms with Crippen molar-refractivity contribution in [1.29, 1.82) is 0 Å². The number of aliphatic hydroxyl groups excluding tert-OH is 1. The van der Waals surface area contributed by atoms with E-state index >= 15 is 0 Å². The number of hydrogen-bond donors (Lipinski definition) is 3. The predicted molar refractivity (Wildman–Crippen MR) is 121 cm³/mol. The van der Waals surface area contributed by atoms with Crippen molar-refractivity contribution < 1.29 is 14.5 Å². The molecule has 0 aromatic rings. The van der Waals surface area contributed by atoms with Gasteiger partial charge in [-0.25, -0.2) is 0 Å². The third-order valence-corrected chi connectivity index (χ3v) is 5.81. The summed E-state index contributed by atoms with van der Waals surface area (Å²) in [5.74, 6) is 0.0441. The average molecular weight is 415 g/mol. The summed E-state index contributed by atoms with van der Waals surface area (Å²) < 4.78 is 11.5. The van der Waals surface area contributed by atoms with Gasteiger partial charge < -0.3 is 15.0 Å². The van der Waals surface area contributed by atoms with Crippen molar-refractivity contribution in [3.8, 4) is 0 Å². The molecule has 0 aromatic carbocycles. The predicted octanol–water partition coefficient (Wildman–Crippen LogP) is 4.97. The molecule has 28 heavy (non-hydrogen) atoms. The number of unbranched alkanes of at least 4 members (excludes halogenated alkanes) is 8. The normalized spacial score (nSPS) is 12.8. The highest BCUT2D eigenvalue weighted by Gasteiger charge is 2.02. The Balaban J connectivity index is 3.35. The van der Waals surface area contributed by atoms with Crippen molar-refractivity contribution in [2.75, 3.05) is 25.9 Å². The highest BCUT2D eigenvalue weighted by atomic mass is 31.1. The summed E-state index contributed by atoms with van der Waals surface area (Å²) in [6.07, 6.45) is 23.1.